The maximum absolute atomic E-state index is 11.1. The van der Waals surface area contributed by atoms with Crippen LogP contribution in [0.5, 0.6) is 0 Å². The summed E-state index contributed by atoms with van der Waals surface area (Å²) >= 11 is 0. The number of rotatable bonds is 2. The van der Waals surface area contributed by atoms with Crippen molar-refractivity contribution in [2.24, 2.45) is 17.4 Å². The van der Waals surface area contributed by atoms with Crippen LogP contribution < -0.4 is 16.4 Å². The second kappa shape index (κ2) is 4.71. The summed E-state index contributed by atoms with van der Waals surface area (Å²) in [5, 5.41) is 0. The Bertz CT molecular complexity index is 411. The SMILES string of the molecule is CC1CC(N)CN(c2ccnc(C(N)=O)c2)C1. The van der Waals surface area contributed by atoms with Crippen LogP contribution in [0.15, 0.2) is 18.3 Å². The molecule has 5 nitrogen and oxygen atoms in total. The first-order valence-corrected chi connectivity index (χ1v) is 5.82. The van der Waals surface area contributed by atoms with Gasteiger partial charge in [0.05, 0.1) is 0 Å². The quantitative estimate of drug-likeness (QED) is 0.773. The largest absolute Gasteiger partial charge is 0.370 e. The second-order valence-corrected chi connectivity index (χ2v) is 4.77. The maximum atomic E-state index is 11.1. The molecule has 92 valence electrons. The molecule has 0 bridgehead atoms. The van der Waals surface area contributed by atoms with Crippen LogP contribution in [0.25, 0.3) is 0 Å². The van der Waals surface area contributed by atoms with Crippen molar-refractivity contribution in [1.29, 1.82) is 0 Å². The first-order valence-electron chi connectivity index (χ1n) is 5.82. The lowest BCUT2D eigenvalue weighted by atomic mass is 9.96. The summed E-state index contributed by atoms with van der Waals surface area (Å²) in [6.07, 6.45) is 2.66. The van der Waals surface area contributed by atoms with Crippen LogP contribution in [-0.2, 0) is 0 Å². The van der Waals surface area contributed by atoms with Crippen molar-refractivity contribution in [1.82, 2.24) is 4.98 Å². The fraction of sp³-hybridized carbons (Fsp3) is 0.500. The van der Waals surface area contributed by atoms with E-state index in [0.29, 0.717) is 11.6 Å². The number of piperidine rings is 1. The Morgan fingerprint density at radius 2 is 2.29 bits per heavy atom. The molecule has 2 unspecified atom stereocenters. The second-order valence-electron chi connectivity index (χ2n) is 4.77. The number of hydrogen-bond donors (Lipinski definition) is 2. The van der Waals surface area contributed by atoms with Gasteiger partial charge in [0, 0.05) is 31.0 Å². The molecule has 1 fully saturated rings. The van der Waals surface area contributed by atoms with Crippen molar-refractivity contribution in [3.63, 3.8) is 0 Å². The number of anilines is 1. The lowest BCUT2D eigenvalue weighted by Gasteiger charge is -2.36. The summed E-state index contributed by atoms with van der Waals surface area (Å²) in [7, 11) is 0. The molecule has 2 atom stereocenters. The van der Waals surface area contributed by atoms with Crippen LogP contribution in [0.2, 0.25) is 0 Å². The van der Waals surface area contributed by atoms with Gasteiger partial charge in [0.25, 0.3) is 5.91 Å². The van der Waals surface area contributed by atoms with Gasteiger partial charge in [-0.15, -0.1) is 0 Å². The minimum atomic E-state index is -0.499. The molecule has 2 rings (SSSR count). The summed E-state index contributed by atoms with van der Waals surface area (Å²) in [5.41, 5.74) is 12.5. The van der Waals surface area contributed by atoms with Crippen molar-refractivity contribution in [3.8, 4) is 0 Å². The van der Waals surface area contributed by atoms with Gasteiger partial charge in [0.1, 0.15) is 5.69 Å². The third-order valence-corrected chi connectivity index (χ3v) is 3.05. The molecule has 1 saturated heterocycles. The van der Waals surface area contributed by atoms with Gasteiger partial charge in [-0.25, -0.2) is 0 Å². The topological polar surface area (TPSA) is 85.2 Å². The van der Waals surface area contributed by atoms with E-state index in [1.54, 1.807) is 12.3 Å². The van der Waals surface area contributed by atoms with Gasteiger partial charge >= 0.3 is 0 Å². The Hall–Kier alpha value is -1.62. The van der Waals surface area contributed by atoms with Gasteiger partial charge in [-0.2, -0.15) is 0 Å². The first kappa shape index (κ1) is 11.9. The van der Waals surface area contributed by atoms with Gasteiger partial charge in [0.15, 0.2) is 0 Å². The van der Waals surface area contributed by atoms with Crippen LogP contribution in [0.4, 0.5) is 5.69 Å². The lowest BCUT2D eigenvalue weighted by molar-refractivity contribution is 0.0995. The molecule has 2 heterocycles. The molecule has 17 heavy (non-hydrogen) atoms. The zero-order chi connectivity index (χ0) is 12.4. The molecule has 0 spiro atoms. The molecular formula is C12H18N4O. The summed E-state index contributed by atoms with van der Waals surface area (Å²) in [6.45, 7) is 3.95. The van der Waals surface area contributed by atoms with Crippen LogP contribution in [-0.4, -0.2) is 30.0 Å². The molecule has 0 aromatic carbocycles. The summed E-state index contributed by atoms with van der Waals surface area (Å²) < 4.78 is 0. The van der Waals surface area contributed by atoms with E-state index in [4.69, 9.17) is 11.5 Å². The molecule has 1 aliphatic rings. The van der Waals surface area contributed by atoms with Crippen molar-refractivity contribution < 1.29 is 4.79 Å². The molecule has 1 amide bonds. The number of aromatic nitrogens is 1. The Morgan fingerprint density at radius 3 is 2.94 bits per heavy atom. The molecule has 0 radical (unpaired) electrons. The monoisotopic (exact) mass is 234 g/mol. The third kappa shape index (κ3) is 2.74. The predicted octanol–water partition coefficient (Wildman–Crippen LogP) is 0.354. The van der Waals surface area contributed by atoms with Gasteiger partial charge < -0.3 is 16.4 Å². The molecule has 0 saturated carbocycles. The minimum Gasteiger partial charge on any atom is -0.370 e. The fourth-order valence-corrected chi connectivity index (χ4v) is 2.36. The molecule has 4 N–H and O–H groups in total. The van der Waals surface area contributed by atoms with Gasteiger partial charge in [-0.3, -0.25) is 9.78 Å². The highest BCUT2D eigenvalue weighted by Gasteiger charge is 2.22. The van der Waals surface area contributed by atoms with E-state index in [-0.39, 0.29) is 6.04 Å². The zero-order valence-corrected chi connectivity index (χ0v) is 9.97. The summed E-state index contributed by atoms with van der Waals surface area (Å²) in [5.74, 6) is 0.0603. The van der Waals surface area contributed by atoms with Crippen molar-refractivity contribution in [2.45, 2.75) is 19.4 Å². The molecular weight excluding hydrogens is 216 g/mol. The van der Waals surface area contributed by atoms with Gasteiger partial charge in [-0.1, -0.05) is 6.92 Å². The Labute approximate surface area is 101 Å². The number of pyridine rings is 1. The molecule has 1 aliphatic heterocycles. The van der Waals surface area contributed by atoms with E-state index in [0.717, 1.165) is 25.2 Å². The third-order valence-electron chi connectivity index (χ3n) is 3.05. The maximum Gasteiger partial charge on any atom is 0.267 e. The van der Waals surface area contributed by atoms with E-state index in [9.17, 15) is 4.79 Å². The average Bonchev–Trinajstić information content (AvgIpc) is 2.28. The number of nitrogens with zero attached hydrogens (tertiary/aromatic N) is 2. The van der Waals surface area contributed by atoms with Crippen molar-refractivity contribution in [2.75, 3.05) is 18.0 Å². The minimum absolute atomic E-state index is 0.184. The smallest absolute Gasteiger partial charge is 0.267 e. The standard InChI is InChI=1S/C12H18N4O/c1-8-4-9(13)7-16(6-8)10-2-3-15-11(5-10)12(14)17/h2-3,5,8-9H,4,6-7,13H2,1H3,(H2,14,17). The van der Waals surface area contributed by atoms with Gasteiger partial charge in [-0.05, 0) is 24.5 Å². The van der Waals surface area contributed by atoms with E-state index in [1.165, 1.54) is 0 Å². The van der Waals surface area contributed by atoms with Crippen molar-refractivity contribution >= 4 is 11.6 Å². The highest BCUT2D eigenvalue weighted by molar-refractivity contribution is 5.91. The van der Waals surface area contributed by atoms with E-state index < -0.39 is 5.91 Å². The number of hydrogen-bond acceptors (Lipinski definition) is 4. The molecule has 1 aromatic heterocycles. The predicted molar refractivity (Wildman–Crippen MR) is 66.7 cm³/mol. The van der Waals surface area contributed by atoms with E-state index in [2.05, 4.69) is 16.8 Å². The van der Waals surface area contributed by atoms with Crippen LogP contribution >= 0.6 is 0 Å². The van der Waals surface area contributed by atoms with E-state index in [1.807, 2.05) is 6.07 Å². The Morgan fingerprint density at radius 1 is 1.53 bits per heavy atom. The summed E-state index contributed by atoms with van der Waals surface area (Å²) in [6, 6.07) is 3.80. The normalized spacial score (nSPS) is 24.7. The van der Waals surface area contributed by atoms with Crippen LogP contribution in [0.1, 0.15) is 23.8 Å². The van der Waals surface area contributed by atoms with Gasteiger partial charge in [0.2, 0.25) is 0 Å². The molecule has 5 heteroatoms. The fourth-order valence-electron chi connectivity index (χ4n) is 2.36. The highest BCUT2D eigenvalue weighted by atomic mass is 16.1. The highest BCUT2D eigenvalue weighted by Crippen LogP contribution is 2.22. The van der Waals surface area contributed by atoms with E-state index >= 15 is 0 Å². The van der Waals surface area contributed by atoms with Crippen LogP contribution in [0, 0.1) is 5.92 Å². The number of primary amides is 1. The number of amides is 1. The number of carbonyl (C=O) groups excluding carboxylic acids is 1. The lowest BCUT2D eigenvalue weighted by Crippen LogP contribution is -2.46. The first-order chi connectivity index (χ1) is 8.06. The zero-order valence-electron chi connectivity index (χ0n) is 9.97. The van der Waals surface area contributed by atoms with Crippen molar-refractivity contribution in [3.05, 3.63) is 24.0 Å². The summed E-state index contributed by atoms with van der Waals surface area (Å²) in [4.78, 5) is 17.2. The Kier molecular flexibility index (Phi) is 3.28. The molecule has 0 aliphatic carbocycles. The molecule has 1 aromatic rings. The average molecular weight is 234 g/mol. The number of carbonyl (C=O) groups is 1. The number of nitrogens with two attached hydrogens (primary N) is 2. The van der Waals surface area contributed by atoms with Crippen LogP contribution in [0.3, 0.4) is 0 Å². The Balaban J connectivity index is 2.21.